The van der Waals surface area contributed by atoms with E-state index in [9.17, 15) is 24.5 Å². The quantitative estimate of drug-likeness (QED) is 0.420. The van der Waals surface area contributed by atoms with E-state index in [0.717, 1.165) is 25.3 Å². The maximum absolute atomic E-state index is 12.1. The summed E-state index contributed by atoms with van der Waals surface area (Å²) < 4.78 is 9.79. The van der Waals surface area contributed by atoms with Crippen molar-refractivity contribution in [1.82, 2.24) is 10.2 Å². The number of carbonyl (C=O) groups is 3. The molecule has 1 aliphatic rings. The molecule has 1 saturated heterocycles. The van der Waals surface area contributed by atoms with Gasteiger partial charge >= 0.3 is 11.7 Å². The van der Waals surface area contributed by atoms with Crippen molar-refractivity contribution in [2.24, 2.45) is 0 Å². The van der Waals surface area contributed by atoms with E-state index in [1.165, 1.54) is 19.2 Å². The summed E-state index contributed by atoms with van der Waals surface area (Å²) in [5.41, 5.74) is -0.363. The molecule has 1 aromatic carbocycles. The molecule has 2 rings (SSSR count). The molecular weight excluding hydrogens is 370 g/mol. The number of nitrogens with zero attached hydrogens (tertiary/aromatic N) is 2. The van der Waals surface area contributed by atoms with Crippen molar-refractivity contribution in [3.8, 4) is 5.75 Å². The van der Waals surface area contributed by atoms with Gasteiger partial charge in [-0.05, 0) is 38.3 Å². The molecular formula is C18H23N3O7. The zero-order chi connectivity index (χ0) is 20.7. The van der Waals surface area contributed by atoms with E-state index in [1.807, 2.05) is 6.92 Å². The molecule has 0 spiro atoms. The van der Waals surface area contributed by atoms with Gasteiger partial charge < -0.3 is 19.7 Å². The van der Waals surface area contributed by atoms with Gasteiger partial charge in [-0.1, -0.05) is 0 Å². The number of piperidine rings is 1. The Kier molecular flexibility index (Phi) is 7.30. The molecule has 0 saturated carbocycles. The third kappa shape index (κ3) is 5.41. The molecule has 0 aromatic heterocycles. The zero-order valence-corrected chi connectivity index (χ0v) is 15.8. The molecule has 10 heteroatoms. The van der Waals surface area contributed by atoms with Crippen molar-refractivity contribution in [1.29, 1.82) is 0 Å². The van der Waals surface area contributed by atoms with E-state index < -0.39 is 23.3 Å². The number of carbonyl (C=O) groups excluding carboxylic acids is 3. The number of esters is 1. The van der Waals surface area contributed by atoms with E-state index in [2.05, 4.69) is 5.32 Å². The largest absolute Gasteiger partial charge is 0.490 e. The standard InChI is InChI=1S/C18H23N3O7/c1-12-5-3-4-8-20(12)16(22)11-28-17(23)10-19-18(24)13-6-7-15(27-2)14(9-13)21(25)26/h6-7,9,12H,3-5,8,10-11H2,1-2H3,(H,19,24)/t12-/m0/s1. The number of methoxy groups -OCH3 is 1. The van der Waals surface area contributed by atoms with Crippen molar-refractivity contribution in [3.63, 3.8) is 0 Å². The van der Waals surface area contributed by atoms with E-state index >= 15 is 0 Å². The van der Waals surface area contributed by atoms with Crippen molar-refractivity contribution in [2.75, 3.05) is 26.8 Å². The highest BCUT2D eigenvalue weighted by molar-refractivity contribution is 5.97. The molecule has 1 aromatic rings. The smallest absolute Gasteiger partial charge is 0.325 e. The Morgan fingerprint density at radius 2 is 2.07 bits per heavy atom. The second-order valence-electron chi connectivity index (χ2n) is 6.42. The van der Waals surface area contributed by atoms with E-state index in [1.54, 1.807) is 4.90 Å². The van der Waals surface area contributed by atoms with Gasteiger partial charge in [0, 0.05) is 24.2 Å². The summed E-state index contributed by atoms with van der Waals surface area (Å²) in [5.74, 6) is -1.70. The van der Waals surface area contributed by atoms with Crippen molar-refractivity contribution in [2.45, 2.75) is 32.2 Å². The lowest BCUT2D eigenvalue weighted by Gasteiger charge is -2.33. The summed E-state index contributed by atoms with van der Waals surface area (Å²) in [6, 6.07) is 3.81. The Labute approximate surface area is 161 Å². The van der Waals surface area contributed by atoms with Crippen LogP contribution in [0.15, 0.2) is 18.2 Å². The molecule has 0 bridgehead atoms. The summed E-state index contributed by atoms with van der Waals surface area (Å²) in [7, 11) is 1.28. The highest BCUT2D eigenvalue weighted by Crippen LogP contribution is 2.27. The number of amides is 2. The average Bonchev–Trinajstić information content (AvgIpc) is 2.69. The van der Waals surface area contributed by atoms with Gasteiger partial charge in [0.2, 0.25) is 0 Å². The molecule has 1 atom stereocenters. The van der Waals surface area contributed by atoms with Crippen molar-refractivity contribution in [3.05, 3.63) is 33.9 Å². The van der Waals surface area contributed by atoms with E-state index in [-0.39, 0.29) is 35.6 Å². The minimum atomic E-state index is -0.769. The number of rotatable bonds is 7. The van der Waals surface area contributed by atoms with Crippen LogP contribution in [0.4, 0.5) is 5.69 Å². The Bertz CT molecular complexity index is 766. The molecule has 2 amide bonds. The number of nitro benzene ring substituents is 1. The lowest BCUT2D eigenvalue weighted by atomic mass is 10.0. The van der Waals surface area contributed by atoms with Crippen LogP contribution in [0, 0.1) is 10.1 Å². The van der Waals surface area contributed by atoms with Crippen LogP contribution in [0.3, 0.4) is 0 Å². The Morgan fingerprint density at radius 3 is 2.71 bits per heavy atom. The fraction of sp³-hybridized carbons (Fsp3) is 0.500. The van der Waals surface area contributed by atoms with Crippen LogP contribution >= 0.6 is 0 Å². The summed E-state index contributed by atoms with van der Waals surface area (Å²) >= 11 is 0. The maximum atomic E-state index is 12.1. The first kappa shape index (κ1) is 21.1. The molecule has 1 fully saturated rings. The van der Waals surface area contributed by atoms with Gasteiger partial charge in [0.25, 0.3) is 11.8 Å². The number of benzene rings is 1. The highest BCUT2D eigenvalue weighted by atomic mass is 16.6. The molecule has 152 valence electrons. The Hall–Kier alpha value is -3.17. The highest BCUT2D eigenvalue weighted by Gasteiger charge is 2.24. The Balaban J connectivity index is 1.83. The minimum absolute atomic E-state index is 0.00137. The van der Waals surface area contributed by atoms with Crippen LogP contribution in [0.5, 0.6) is 5.75 Å². The first-order chi connectivity index (χ1) is 13.3. The number of likely N-dealkylation sites (tertiary alicyclic amines) is 1. The zero-order valence-electron chi connectivity index (χ0n) is 15.8. The lowest BCUT2D eigenvalue weighted by Crippen LogP contribution is -2.44. The lowest BCUT2D eigenvalue weighted by molar-refractivity contribution is -0.385. The fourth-order valence-corrected chi connectivity index (χ4v) is 2.97. The topological polar surface area (TPSA) is 128 Å². The second kappa shape index (κ2) is 9.67. The fourth-order valence-electron chi connectivity index (χ4n) is 2.97. The van der Waals surface area contributed by atoms with Gasteiger partial charge in [-0.25, -0.2) is 0 Å². The summed E-state index contributed by atoms with van der Waals surface area (Å²) in [4.78, 5) is 48.0. The van der Waals surface area contributed by atoms with Gasteiger partial charge in [-0.3, -0.25) is 24.5 Å². The number of nitrogens with one attached hydrogen (secondary N) is 1. The van der Waals surface area contributed by atoms with Gasteiger partial charge in [0.05, 0.1) is 12.0 Å². The van der Waals surface area contributed by atoms with Gasteiger partial charge in [0.1, 0.15) is 6.54 Å². The molecule has 10 nitrogen and oxygen atoms in total. The first-order valence-electron chi connectivity index (χ1n) is 8.89. The maximum Gasteiger partial charge on any atom is 0.325 e. The van der Waals surface area contributed by atoms with Crippen molar-refractivity contribution >= 4 is 23.5 Å². The predicted octanol–water partition coefficient (Wildman–Crippen LogP) is 1.28. The van der Waals surface area contributed by atoms with Crippen LogP contribution < -0.4 is 10.1 Å². The third-order valence-corrected chi connectivity index (χ3v) is 4.51. The summed E-state index contributed by atoms with van der Waals surface area (Å²) in [5, 5.41) is 13.3. The van der Waals surface area contributed by atoms with Gasteiger partial charge in [-0.15, -0.1) is 0 Å². The molecule has 28 heavy (non-hydrogen) atoms. The Morgan fingerprint density at radius 1 is 1.32 bits per heavy atom. The van der Waals surface area contributed by atoms with Crippen molar-refractivity contribution < 1.29 is 28.8 Å². The molecule has 1 aliphatic heterocycles. The van der Waals surface area contributed by atoms with Crippen LogP contribution in [-0.4, -0.2) is 60.5 Å². The van der Waals surface area contributed by atoms with Crippen LogP contribution in [0.2, 0.25) is 0 Å². The number of ether oxygens (including phenoxy) is 2. The first-order valence-corrected chi connectivity index (χ1v) is 8.89. The average molecular weight is 393 g/mol. The van der Waals surface area contributed by atoms with Crippen LogP contribution in [0.1, 0.15) is 36.5 Å². The summed E-state index contributed by atoms with van der Waals surface area (Å²) in [6.45, 7) is 1.76. The molecule has 0 aliphatic carbocycles. The molecule has 0 radical (unpaired) electrons. The second-order valence-corrected chi connectivity index (χ2v) is 6.42. The minimum Gasteiger partial charge on any atom is -0.490 e. The number of hydrogen-bond acceptors (Lipinski definition) is 7. The monoisotopic (exact) mass is 393 g/mol. The SMILES string of the molecule is COc1ccc(C(=O)NCC(=O)OCC(=O)N2CCCC[C@@H]2C)cc1[N+](=O)[O-]. The number of nitro groups is 1. The van der Waals surface area contributed by atoms with E-state index in [4.69, 9.17) is 9.47 Å². The van der Waals surface area contributed by atoms with Crippen LogP contribution in [-0.2, 0) is 14.3 Å². The third-order valence-electron chi connectivity index (χ3n) is 4.51. The van der Waals surface area contributed by atoms with Crippen LogP contribution in [0.25, 0.3) is 0 Å². The van der Waals surface area contributed by atoms with Gasteiger partial charge in [-0.2, -0.15) is 0 Å². The van der Waals surface area contributed by atoms with Gasteiger partial charge in [0.15, 0.2) is 12.4 Å². The number of hydrogen-bond donors (Lipinski definition) is 1. The summed E-state index contributed by atoms with van der Waals surface area (Å²) in [6.07, 6.45) is 2.91. The van der Waals surface area contributed by atoms with E-state index in [0.29, 0.717) is 6.54 Å². The molecule has 1 heterocycles. The molecule has 1 N–H and O–H groups in total. The normalized spacial score (nSPS) is 16.2. The molecule has 0 unspecified atom stereocenters. The predicted molar refractivity (Wildman–Crippen MR) is 98.0 cm³/mol.